The summed E-state index contributed by atoms with van der Waals surface area (Å²) in [5, 5.41) is 3.48. The number of nitrogens with one attached hydrogen (secondary N) is 1. The van der Waals surface area contributed by atoms with Crippen molar-refractivity contribution in [1.82, 2.24) is 15.3 Å². The van der Waals surface area contributed by atoms with E-state index in [9.17, 15) is 0 Å². The molecule has 1 aliphatic heterocycles. The van der Waals surface area contributed by atoms with E-state index in [4.69, 9.17) is 0 Å². The number of hydrogen-bond donors (Lipinski definition) is 1. The molecule has 0 aliphatic carbocycles. The SMILES string of the molecule is CCc1cc(C)nc(CC2CCCN2)n1. The van der Waals surface area contributed by atoms with Crippen LogP contribution in [0.3, 0.4) is 0 Å². The van der Waals surface area contributed by atoms with Crippen molar-refractivity contribution < 1.29 is 0 Å². The van der Waals surface area contributed by atoms with Crippen LogP contribution in [0.25, 0.3) is 0 Å². The first-order valence-corrected chi connectivity index (χ1v) is 5.84. The Labute approximate surface area is 91.3 Å². The van der Waals surface area contributed by atoms with E-state index in [2.05, 4.69) is 28.3 Å². The Kier molecular flexibility index (Phi) is 3.31. The van der Waals surface area contributed by atoms with Gasteiger partial charge in [-0.25, -0.2) is 9.97 Å². The first-order valence-electron chi connectivity index (χ1n) is 5.84. The molecule has 2 rings (SSSR count). The van der Waals surface area contributed by atoms with Crippen molar-refractivity contribution >= 4 is 0 Å². The number of hydrogen-bond acceptors (Lipinski definition) is 3. The summed E-state index contributed by atoms with van der Waals surface area (Å²) in [6.07, 6.45) is 4.53. The minimum absolute atomic E-state index is 0.594. The zero-order valence-corrected chi connectivity index (χ0v) is 9.58. The lowest BCUT2D eigenvalue weighted by Crippen LogP contribution is -2.25. The predicted octanol–water partition coefficient (Wildman–Crippen LogP) is 1.64. The Balaban J connectivity index is 2.09. The van der Waals surface area contributed by atoms with Crippen molar-refractivity contribution in [2.24, 2.45) is 0 Å². The highest BCUT2D eigenvalue weighted by Crippen LogP contribution is 2.10. The van der Waals surface area contributed by atoms with Crippen LogP contribution in [-0.2, 0) is 12.8 Å². The molecule has 1 aliphatic rings. The molecule has 1 fully saturated rings. The molecule has 0 spiro atoms. The molecule has 1 unspecified atom stereocenters. The second-order valence-electron chi connectivity index (χ2n) is 4.27. The lowest BCUT2D eigenvalue weighted by atomic mass is 10.1. The summed E-state index contributed by atoms with van der Waals surface area (Å²) in [4.78, 5) is 9.06. The third kappa shape index (κ3) is 2.75. The number of aryl methyl sites for hydroxylation is 2. The van der Waals surface area contributed by atoms with E-state index in [0.717, 1.165) is 36.6 Å². The highest BCUT2D eigenvalue weighted by Gasteiger charge is 2.16. The summed E-state index contributed by atoms with van der Waals surface area (Å²) in [6.45, 7) is 5.34. The molecule has 0 saturated carbocycles. The largest absolute Gasteiger partial charge is 0.314 e. The maximum Gasteiger partial charge on any atom is 0.130 e. The van der Waals surface area contributed by atoms with E-state index >= 15 is 0 Å². The van der Waals surface area contributed by atoms with Gasteiger partial charge in [-0.1, -0.05) is 6.92 Å². The molecule has 82 valence electrons. The van der Waals surface area contributed by atoms with E-state index in [-0.39, 0.29) is 0 Å². The van der Waals surface area contributed by atoms with Gasteiger partial charge in [-0.15, -0.1) is 0 Å². The molecule has 1 N–H and O–H groups in total. The normalized spacial score (nSPS) is 20.8. The summed E-state index contributed by atoms with van der Waals surface area (Å²) in [5.74, 6) is 1.01. The number of rotatable bonds is 3. The van der Waals surface area contributed by atoms with Gasteiger partial charge in [0.05, 0.1) is 0 Å². The average molecular weight is 205 g/mol. The van der Waals surface area contributed by atoms with Crippen molar-refractivity contribution in [2.75, 3.05) is 6.54 Å². The maximum absolute atomic E-state index is 4.56. The standard InChI is InChI=1S/C12H19N3/c1-3-10-7-9(2)14-12(15-10)8-11-5-4-6-13-11/h7,11,13H,3-6,8H2,1-2H3. The molecule has 3 heteroatoms. The van der Waals surface area contributed by atoms with Crippen LogP contribution in [-0.4, -0.2) is 22.6 Å². The van der Waals surface area contributed by atoms with Crippen molar-refractivity contribution in [3.63, 3.8) is 0 Å². The highest BCUT2D eigenvalue weighted by atomic mass is 15.0. The summed E-state index contributed by atoms with van der Waals surface area (Å²) in [6, 6.07) is 2.67. The topological polar surface area (TPSA) is 37.8 Å². The Hall–Kier alpha value is -0.960. The minimum atomic E-state index is 0.594. The van der Waals surface area contributed by atoms with Gasteiger partial charge in [0.25, 0.3) is 0 Å². The van der Waals surface area contributed by atoms with Crippen molar-refractivity contribution in [3.8, 4) is 0 Å². The Bertz CT molecular complexity index is 330. The Morgan fingerprint density at radius 2 is 2.33 bits per heavy atom. The molecule has 1 atom stereocenters. The van der Waals surface area contributed by atoms with Gasteiger partial charge in [-0.3, -0.25) is 0 Å². The molecule has 0 amide bonds. The maximum atomic E-state index is 4.56. The van der Waals surface area contributed by atoms with Gasteiger partial charge in [0.2, 0.25) is 0 Å². The van der Waals surface area contributed by atoms with Crippen molar-refractivity contribution in [2.45, 2.75) is 45.6 Å². The molecule has 1 saturated heterocycles. The monoisotopic (exact) mass is 205 g/mol. The van der Waals surface area contributed by atoms with Crippen LogP contribution in [0.15, 0.2) is 6.07 Å². The van der Waals surface area contributed by atoms with E-state index in [1.807, 2.05) is 6.92 Å². The molecule has 15 heavy (non-hydrogen) atoms. The van der Waals surface area contributed by atoms with Crippen LogP contribution in [0.2, 0.25) is 0 Å². The quantitative estimate of drug-likeness (QED) is 0.815. The first-order chi connectivity index (χ1) is 7.28. The summed E-state index contributed by atoms with van der Waals surface area (Å²) in [5.41, 5.74) is 2.25. The Morgan fingerprint density at radius 1 is 1.47 bits per heavy atom. The van der Waals surface area contributed by atoms with Gasteiger partial charge in [-0.05, 0) is 38.8 Å². The second-order valence-corrected chi connectivity index (χ2v) is 4.27. The molecule has 0 radical (unpaired) electrons. The van der Waals surface area contributed by atoms with Crippen LogP contribution in [0.1, 0.15) is 37.0 Å². The van der Waals surface area contributed by atoms with Crippen molar-refractivity contribution in [1.29, 1.82) is 0 Å². The minimum Gasteiger partial charge on any atom is -0.314 e. The molecule has 1 aromatic heterocycles. The average Bonchev–Trinajstić information content (AvgIpc) is 2.69. The fourth-order valence-electron chi connectivity index (χ4n) is 2.12. The molecule has 3 nitrogen and oxygen atoms in total. The number of nitrogens with zero attached hydrogens (tertiary/aromatic N) is 2. The fraction of sp³-hybridized carbons (Fsp3) is 0.667. The molecule has 0 aromatic carbocycles. The predicted molar refractivity (Wildman–Crippen MR) is 60.9 cm³/mol. The third-order valence-corrected chi connectivity index (χ3v) is 2.91. The molecule has 2 heterocycles. The van der Waals surface area contributed by atoms with Crippen LogP contribution in [0, 0.1) is 6.92 Å². The van der Waals surface area contributed by atoms with Gasteiger partial charge in [0.1, 0.15) is 5.82 Å². The van der Waals surface area contributed by atoms with Gasteiger partial charge in [0.15, 0.2) is 0 Å². The van der Waals surface area contributed by atoms with E-state index < -0.39 is 0 Å². The first kappa shape index (κ1) is 10.6. The Morgan fingerprint density at radius 3 is 3.00 bits per heavy atom. The van der Waals surface area contributed by atoms with Gasteiger partial charge < -0.3 is 5.32 Å². The lowest BCUT2D eigenvalue weighted by molar-refractivity contribution is 0.582. The van der Waals surface area contributed by atoms with E-state index in [0.29, 0.717) is 6.04 Å². The van der Waals surface area contributed by atoms with Gasteiger partial charge in [0, 0.05) is 23.9 Å². The van der Waals surface area contributed by atoms with Crippen LogP contribution in [0.5, 0.6) is 0 Å². The van der Waals surface area contributed by atoms with Crippen LogP contribution >= 0.6 is 0 Å². The van der Waals surface area contributed by atoms with E-state index in [1.54, 1.807) is 0 Å². The van der Waals surface area contributed by atoms with Crippen LogP contribution < -0.4 is 5.32 Å². The summed E-state index contributed by atoms with van der Waals surface area (Å²) < 4.78 is 0. The fourth-order valence-corrected chi connectivity index (χ4v) is 2.12. The number of aromatic nitrogens is 2. The zero-order valence-electron chi connectivity index (χ0n) is 9.58. The molecular weight excluding hydrogens is 186 g/mol. The molecule has 1 aromatic rings. The smallest absolute Gasteiger partial charge is 0.130 e. The van der Waals surface area contributed by atoms with Gasteiger partial charge in [-0.2, -0.15) is 0 Å². The third-order valence-electron chi connectivity index (χ3n) is 2.91. The molecular formula is C12H19N3. The highest BCUT2D eigenvalue weighted by molar-refractivity contribution is 5.10. The summed E-state index contributed by atoms with van der Waals surface area (Å²) in [7, 11) is 0. The zero-order chi connectivity index (χ0) is 10.7. The van der Waals surface area contributed by atoms with Gasteiger partial charge >= 0.3 is 0 Å². The van der Waals surface area contributed by atoms with Crippen molar-refractivity contribution in [3.05, 3.63) is 23.3 Å². The second kappa shape index (κ2) is 4.71. The lowest BCUT2D eigenvalue weighted by Gasteiger charge is -2.10. The molecule has 0 bridgehead atoms. The summed E-state index contributed by atoms with van der Waals surface area (Å²) >= 11 is 0. The van der Waals surface area contributed by atoms with Crippen LogP contribution in [0.4, 0.5) is 0 Å². The van der Waals surface area contributed by atoms with E-state index in [1.165, 1.54) is 12.8 Å².